The number of anilines is 1. The van der Waals surface area contributed by atoms with E-state index in [-0.39, 0.29) is 5.91 Å². The summed E-state index contributed by atoms with van der Waals surface area (Å²) in [6.07, 6.45) is 4.86. The summed E-state index contributed by atoms with van der Waals surface area (Å²) >= 11 is 1.38. The van der Waals surface area contributed by atoms with Crippen LogP contribution in [-0.4, -0.2) is 29.3 Å². The van der Waals surface area contributed by atoms with Crippen LogP contribution in [0.1, 0.15) is 23.9 Å². The number of aryl methyl sites for hydroxylation is 1. The zero-order chi connectivity index (χ0) is 16.1. The number of fused-ring (bicyclic) bond motifs is 1. The molecular formula is C16H17N3O3S. The molecule has 2 heterocycles. The molecule has 0 unspecified atom stereocenters. The van der Waals surface area contributed by atoms with Gasteiger partial charge in [-0.2, -0.15) is 0 Å². The molecule has 0 fully saturated rings. The SMILES string of the molecule is CCc1nnc(NC(=O)C=Cc2ccc3c(c2)OCCCO3)s1. The fourth-order valence-electron chi connectivity index (χ4n) is 2.05. The third-order valence-corrected chi connectivity index (χ3v) is 4.18. The Hall–Kier alpha value is -2.41. The van der Waals surface area contributed by atoms with Gasteiger partial charge in [0.05, 0.1) is 13.2 Å². The van der Waals surface area contributed by atoms with E-state index in [9.17, 15) is 4.79 Å². The zero-order valence-electron chi connectivity index (χ0n) is 12.7. The van der Waals surface area contributed by atoms with E-state index in [1.807, 2.05) is 25.1 Å². The van der Waals surface area contributed by atoms with Crippen molar-refractivity contribution in [3.8, 4) is 11.5 Å². The van der Waals surface area contributed by atoms with Crippen molar-refractivity contribution in [1.82, 2.24) is 10.2 Å². The second-order valence-electron chi connectivity index (χ2n) is 4.93. The lowest BCUT2D eigenvalue weighted by molar-refractivity contribution is -0.111. The highest BCUT2D eigenvalue weighted by Gasteiger charge is 2.10. The summed E-state index contributed by atoms with van der Waals surface area (Å²) in [6, 6.07) is 5.61. The minimum atomic E-state index is -0.240. The Morgan fingerprint density at radius 1 is 1.30 bits per heavy atom. The molecule has 6 nitrogen and oxygen atoms in total. The lowest BCUT2D eigenvalue weighted by atomic mass is 10.2. The van der Waals surface area contributed by atoms with E-state index < -0.39 is 0 Å². The van der Waals surface area contributed by atoms with Crippen LogP contribution in [0, 0.1) is 0 Å². The minimum absolute atomic E-state index is 0.240. The number of nitrogens with zero attached hydrogens (tertiary/aromatic N) is 2. The highest BCUT2D eigenvalue weighted by Crippen LogP contribution is 2.30. The Morgan fingerprint density at radius 2 is 2.13 bits per heavy atom. The summed E-state index contributed by atoms with van der Waals surface area (Å²) < 4.78 is 11.2. The second kappa shape index (κ2) is 7.23. The van der Waals surface area contributed by atoms with Gasteiger partial charge < -0.3 is 9.47 Å². The fraction of sp³-hybridized carbons (Fsp3) is 0.312. The van der Waals surface area contributed by atoms with Gasteiger partial charge in [-0.3, -0.25) is 10.1 Å². The number of ether oxygens (including phenoxy) is 2. The largest absolute Gasteiger partial charge is 0.490 e. The molecule has 120 valence electrons. The van der Waals surface area contributed by atoms with Gasteiger partial charge in [0.1, 0.15) is 5.01 Å². The first-order chi connectivity index (χ1) is 11.2. The molecule has 0 saturated carbocycles. The van der Waals surface area contributed by atoms with Gasteiger partial charge >= 0.3 is 0 Å². The molecule has 7 heteroatoms. The first-order valence-corrected chi connectivity index (χ1v) is 8.27. The molecule has 1 aliphatic heterocycles. The van der Waals surface area contributed by atoms with Crippen LogP contribution >= 0.6 is 11.3 Å². The van der Waals surface area contributed by atoms with Crippen LogP contribution in [0.25, 0.3) is 6.08 Å². The normalized spacial score (nSPS) is 13.8. The molecule has 0 aliphatic carbocycles. The lowest BCUT2D eigenvalue weighted by Crippen LogP contribution is -2.07. The summed E-state index contributed by atoms with van der Waals surface area (Å²) in [7, 11) is 0. The van der Waals surface area contributed by atoms with Crippen molar-refractivity contribution in [2.24, 2.45) is 0 Å². The molecule has 3 rings (SSSR count). The molecule has 23 heavy (non-hydrogen) atoms. The number of hydrogen-bond donors (Lipinski definition) is 1. The number of amides is 1. The molecule has 0 spiro atoms. The maximum absolute atomic E-state index is 11.9. The number of aromatic nitrogens is 2. The van der Waals surface area contributed by atoms with E-state index >= 15 is 0 Å². The molecule has 0 bridgehead atoms. The van der Waals surface area contributed by atoms with Gasteiger partial charge in [-0.1, -0.05) is 24.3 Å². The smallest absolute Gasteiger partial charge is 0.250 e. The molecule has 0 radical (unpaired) electrons. The highest BCUT2D eigenvalue weighted by molar-refractivity contribution is 7.15. The molecule has 1 aliphatic rings. The predicted octanol–water partition coefficient (Wildman–Crippen LogP) is 2.91. The Balaban J connectivity index is 1.65. The molecule has 0 saturated heterocycles. The third-order valence-electron chi connectivity index (χ3n) is 3.20. The van der Waals surface area contributed by atoms with Crippen LogP contribution in [0.5, 0.6) is 11.5 Å². The van der Waals surface area contributed by atoms with E-state index in [0.717, 1.165) is 29.2 Å². The van der Waals surface area contributed by atoms with Crippen molar-refractivity contribution in [3.63, 3.8) is 0 Å². The lowest BCUT2D eigenvalue weighted by Gasteiger charge is -2.07. The Bertz CT molecular complexity index is 727. The first kappa shape index (κ1) is 15.5. The van der Waals surface area contributed by atoms with Gasteiger partial charge in [0.2, 0.25) is 11.0 Å². The van der Waals surface area contributed by atoms with E-state index in [4.69, 9.17) is 9.47 Å². The van der Waals surface area contributed by atoms with Crippen molar-refractivity contribution < 1.29 is 14.3 Å². The van der Waals surface area contributed by atoms with E-state index in [2.05, 4.69) is 15.5 Å². The quantitative estimate of drug-likeness (QED) is 0.872. The topological polar surface area (TPSA) is 73.3 Å². The summed E-state index contributed by atoms with van der Waals surface area (Å²) in [5.74, 6) is 1.21. The number of carbonyl (C=O) groups excluding carboxylic acids is 1. The van der Waals surface area contributed by atoms with Gasteiger partial charge in [0.25, 0.3) is 0 Å². The van der Waals surface area contributed by atoms with Crippen LogP contribution < -0.4 is 14.8 Å². The second-order valence-corrected chi connectivity index (χ2v) is 6.00. The van der Waals surface area contributed by atoms with Crippen LogP contribution in [-0.2, 0) is 11.2 Å². The number of rotatable bonds is 4. The molecule has 0 atom stereocenters. The van der Waals surface area contributed by atoms with Crippen LogP contribution in [0.3, 0.4) is 0 Å². The number of nitrogens with one attached hydrogen (secondary N) is 1. The van der Waals surface area contributed by atoms with E-state index in [1.54, 1.807) is 6.08 Å². The molecule has 1 aromatic carbocycles. The van der Waals surface area contributed by atoms with Gasteiger partial charge in [-0.05, 0) is 30.2 Å². The molecule has 1 aromatic heterocycles. The van der Waals surface area contributed by atoms with Crippen molar-refractivity contribution in [2.75, 3.05) is 18.5 Å². The molecular weight excluding hydrogens is 314 g/mol. The van der Waals surface area contributed by atoms with Crippen molar-refractivity contribution >= 4 is 28.5 Å². The first-order valence-electron chi connectivity index (χ1n) is 7.45. The van der Waals surface area contributed by atoms with Crippen molar-refractivity contribution in [1.29, 1.82) is 0 Å². The Labute approximate surface area is 138 Å². The Kier molecular flexibility index (Phi) is 4.87. The third kappa shape index (κ3) is 4.07. The van der Waals surface area contributed by atoms with Gasteiger partial charge in [0.15, 0.2) is 11.5 Å². The fourth-order valence-corrected chi connectivity index (χ4v) is 2.73. The number of benzene rings is 1. The summed E-state index contributed by atoms with van der Waals surface area (Å²) in [5.41, 5.74) is 0.871. The minimum Gasteiger partial charge on any atom is -0.490 e. The highest BCUT2D eigenvalue weighted by atomic mass is 32.1. The maximum Gasteiger partial charge on any atom is 0.250 e. The number of carbonyl (C=O) groups is 1. The van der Waals surface area contributed by atoms with Gasteiger partial charge in [-0.15, -0.1) is 10.2 Å². The summed E-state index contributed by atoms with van der Waals surface area (Å²) in [5, 5.41) is 12.0. The van der Waals surface area contributed by atoms with Crippen LogP contribution in [0.2, 0.25) is 0 Å². The number of hydrogen-bond acceptors (Lipinski definition) is 6. The summed E-state index contributed by atoms with van der Waals surface area (Å²) in [6.45, 7) is 3.29. The van der Waals surface area contributed by atoms with E-state index in [1.165, 1.54) is 17.4 Å². The zero-order valence-corrected chi connectivity index (χ0v) is 13.6. The summed E-state index contributed by atoms with van der Waals surface area (Å²) in [4.78, 5) is 11.9. The monoisotopic (exact) mass is 331 g/mol. The predicted molar refractivity (Wildman–Crippen MR) is 89.0 cm³/mol. The average molecular weight is 331 g/mol. The maximum atomic E-state index is 11.9. The Morgan fingerprint density at radius 3 is 2.91 bits per heavy atom. The van der Waals surface area contributed by atoms with Crippen LogP contribution in [0.4, 0.5) is 5.13 Å². The average Bonchev–Trinajstić information content (AvgIpc) is 2.88. The van der Waals surface area contributed by atoms with Crippen molar-refractivity contribution in [3.05, 3.63) is 34.8 Å². The molecule has 1 N–H and O–H groups in total. The van der Waals surface area contributed by atoms with Crippen molar-refractivity contribution in [2.45, 2.75) is 19.8 Å². The van der Waals surface area contributed by atoms with Gasteiger partial charge in [0, 0.05) is 12.5 Å². The van der Waals surface area contributed by atoms with Crippen LogP contribution in [0.15, 0.2) is 24.3 Å². The van der Waals surface area contributed by atoms with E-state index in [0.29, 0.717) is 24.1 Å². The standard InChI is InChI=1S/C16H17N3O3S/c1-2-15-18-19-16(23-15)17-14(20)7-5-11-4-6-12-13(10-11)22-9-3-8-21-12/h4-7,10H,2-3,8-9H2,1H3,(H,17,19,20). The van der Waals surface area contributed by atoms with Gasteiger partial charge in [-0.25, -0.2) is 0 Å². The molecule has 1 amide bonds. The molecule has 2 aromatic rings.